The Morgan fingerprint density at radius 2 is 1.78 bits per heavy atom. The lowest BCUT2D eigenvalue weighted by molar-refractivity contribution is 0.471. The molecule has 2 aromatic carbocycles. The Bertz CT molecular complexity index is 1280. The molecule has 4 aromatic rings. The standard InChI is InChI=1S/C24H19ClN4O2S/c25-15-6-11-21(31)20(14-15)29-23(22(27-24(29)32)18-4-1-2-12-26-18)19-5-3-13-28(19)16-7-9-17(30)10-8-16/h1-14,22-23,30-31H,(H,27,32)/t22-,23-/m1/s1. The summed E-state index contributed by atoms with van der Waals surface area (Å²) in [6.45, 7) is 0. The summed E-state index contributed by atoms with van der Waals surface area (Å²) in [6, 6.07) is 21.0. The van der Waals surface area contributed by atoms with Crippen LogP contribution in [0.5, 0.6) is 11.5 Å². The molecule has 3 N–H and O–H groups in total. The maximum Gasteiger partial charge on any atom is 0.174 e. The van der Waals surface area contributed by atoms with E-state index in [9.17, 15) is 10.2 Å². The monoisotopic (exact) mass is 462 g/mol. The number of hydrogen-bond donors (Lipinski definition) is 3. The van der Waals surface area contributed by atoms with Crippen molar-refractivity contribution in [1.82, 2.24) is 14.9 Å². The molecule has 2 atom stereocenters. The fourth-order valence-electron chi connectivity index (χ4n) is 4.09. The van der Waals surface area contributed by atoms with Crippen LogP contribution in [0.15, 0.2) is 85.2 Å². The normalized spacial score (nSPS) is 18.0. The number of rotatable bonds is 4. The lowest BCUT2D eigenvalue weighted by atomic mass is 10.0. The second-order valence-electron chi connectivity index (χ2n) is 7.45. The Labute approximate surface area is 195 Å². The third-order valence-corrected chi connectivity index (χ3v) is 6.06. The van der Waals surface area contributed by atoms with Crippen molar-refractivity contribution in [2.24, 2.45) is 0 Å². The van der Waals surface area contributed by atoms with Crippen LogP contribution in [0.25, 0.3) is 5.69 Å². The first-order valence-corrected chi connectivity index (χ1v) is 10.8. The summed E-state index contributed by atoms with van der Waals surface area (Å²) >= 11 is 12.0. The van der Waals surface area contributed by atoms with E-state index in [1.165, 1.54) is 0 Å². The van der Waals surface area contributed by atoms with E-state index >= 15 is 0 Å². The minimum Gasteiger partial charge on any atom is -0.508 e. The summed E-state index contributed by atoms with van der Waals surface area (Å²) < 4.78 is 2.03. The van der Waals surface area contributed by atoms with Gasteiger partial charge < -0.3 is 25.0 Å². The van der Waals surface area contributed by atoms with E-state index in [1.54, 1.807) is 36.5 Å². The molecule has 0 aliphatic carbocycles. The molecule has 1 aliphatic heterocycles. The van der Waals surface area contributed by atoms with Crippen LogP contribution in [-0.2, 0) is 0 Å². The first kappa shape index (κ1) is 20.4. The highest BCUT2D eigenvalue weighted by atomic mass is 35.5. The summed E-state index contributed by atoms with van der Waals surface area (Å²) in [5.41, 5.74) is 3.15. The number of thiocarbonyl (C=S) groups is 1. The second kappa shape index (κ2) is 8.18. The number of aromatic nitrogens is 2. The van der Waals surface area contributed by atoms with Crippen LogP contribution in [0.1, 0.15) is 23.5 Å². The summed E-state index contributed by atoms with van der Waals surface area (Å²) in [4.78, 5) is 6.43. The Hall–Kier alpha value is -3.55. The van der Waals surface area contributed by atoms with Crippen LogP contribution in [0.2, 0.25) is 5.02 Å². The van der Waals surface area contributed by atoms with Gasteiger partial charge in [0, 0.05) is 28.8 Å². The molecule has 6 nitrogen and oxygen atoms in total. The van der Waals surface area contributed by atoms with Crippen molar-refractivity contribution in [3.8, 4) is 17.2 Å². The number of nitrogens with one attached hydrogen (secondary N) is 1. The molecule has 1 saturated heterocycles. The van der Waals surface area contributed by atoms with Gasteiger partial charge in [0.2, 0.25) is 0 Å². The van der Waals surface area contributed by atoms with Crippen molar-refractivity contribution in [1.29, 1.82) is 0 Å². The summed E-state index contributed by atoms with van der Waals surface area (Å²) in [6.07, 6.45) is 3.70. The fraction of sp³-hybridized carbons (Fsp3) is 0.0833. The first-order valence-electron chi connectivity index (χ1n) is 9.99. The molecule has 0 spiro atoms. The van der Waals surface area contributed by atoms with Crippen LogP contribution >= 0.6 is 23.8 Å². The zero-order valence-electron chi connectivity index (χ0n) is 16.8. The van der Waals surface area contributed by atoms with E-state index in [4.69, 9.17) is 23.8 Å². The molecule has 0 unspecified atom stereocenters. The van der Waals surface area contributed by atoms with Crippen LogP contribution in [0, 0.1) is 0 Å². The third-order valence-electron chi connectivity index (χ3n) is 5.51. The average Bonchev–Trinajstić information content (AvgIpc) is 3.41. The minimum absolute atomic E-state index is 0.0768. The van der Waals surface area contributed by atoms with Gasteiger partial charge in [-0.2, -0.15) is 0 Å². The van der Waals surface area contributed by atoms with Gasteiger partial charge in [0.15, 0.2) is 5.11 Å². The maximum absolute atomic E-state index is 10.7. The molecule has 32 heavy (non-hydrogen) atoms. The molecule has 2 aromatic heterocycles. The van der Waals surface area contributed by atoms with E-state index in [2.05, 4.69) is 10.3 Å². The van der Waals surface area contributed by atoms with Crippen LogP contribution < -0.4 is 10.2 Å². The van der Waals surface area contributed by atoms with E-state index in [1.807, 2.05) is 58.1 Å². The largest absolute Gasteiger partial charge is 0.508 e. The van der Waals surface area contributed by atoms with E-state index < -0.39 is 0 Å². The van der Waals surface area contributed by atoms with Gasteiger partial charge in [-0.25, -0.2) is 0 Å². The lowest BCUT2D eigenvalue weighted by Gasteiger charge is -2.29. The van der Waals surface area contributed by atoms with Gasteiger partial charge in [0.05, 0.1) is 17.4 Å². The third kappa shape index (κ3) is 3.55. The number of benzene rings is 2. The molecular weight excluding hydrogens is 444 g/mol. The Balaban J connectivity index is 1.69. The quantitative estimate of drug-likeness (QED) is 0.366. The molecule has 8 heteroatoms. The zero-order valence-corrected chi connectivity index (χ0v) is 18.3. The molecule has 160 valence electrons. The summed E-state index contributed by atoms with van der Waals surface area (Å²) in [7, 11) is 0. The van der Waals surface area contributed by atoms with Gasteiger partial charge in [-0.05, 0) is 78.9 Å². The molecule has 0 radical (unpaired) electrons. The molecular formula is C24H19ClN4O2S. The number of pyridine rings is 1. The highest BCUT2D eigenvalue weighted by Crippen LogP contribution is 2.45. The Morgan fingerprint density at radius 1 is 0.969 bits per heavy atom. The van der Waals surface area contributed by atoms with E-state index in [0.29, 0.717) is 15.8 Å². The Kier molecular flexibility index (Phi) is 5.20. The van der Waals surface area contributed by atoms with Gasteiger partial charge in [-0.1, -0.05) is 17.7 Å². The van der Waals surface area contributed by atoms with Gasteiger partial charge in [-0.15, -0.1) is 0 Å². The van der Waals surface area contributed by atoms with Gasteiger partial charge >= 0.3 is 0 Å². The van der Waals surface area contributed by atoms with Crippen molar-refractivity contribution in [2.45, 2.75) is 12.1 Å². The van der Waals surface area contributed by atoms with Crippen molar-refractivity contribution in [3.05, 3.63) is 102 Å². The van der Waals surface area contributed by atoms with Crippen molar-refractivity contribution in [2.75, 3.05) is 4.90 Å². The number of phenolic OH excluding ortho intramolecular Hbond substituents is 2. The SMILES string of the molecule is Oc1ccc(-n2cccc2[C@@H]2[C@@H](c3ccccn3)NC(=S)N2c2cc(Cl)ccc2O)cc1. The predicted molar refractivity (Wildman–Crippen MR) is 128 cm³/mol. The second-order valence-corrected chi connectivity index (χ2v) is 8.27. The van der Waals surface area contributed by atoms with Crippen molar-refractivity contribution < 1.29 is 10.2 Å². The molecule has 0 amide bonds. The maximum atomic E-state index is 10.7. The molecule has 5 rings (SSSR count). The molecule has 1 aliphatic rings. The molecule has 0 saturated carbocycles. The topological polar surface area (TPSA) is 73.5 Å². The number of anilines is 1. The van der Waals surface area contributed by atoms with Crippen LogP contribution in [0.3, 0.4) is 0 Å². The lowest BCUT2D eigenvalue weighted by Crippen LogP contribution is -2.30. The minimum atomic E-state index is -0.328. The van der Waals surface area contributed by atoms with Crippen molar-refractivity contribution >= 4 is 34.6 Å². The highest BCUT2D eigenvalue weighted by molar-refractivity contribution is 7.80. The predicted octanol–water partition coefficient (Wildman–Crippen LogP) is 5.11. The average molecular weight is 463 g/mol. The van der Waals surface area contributed by atoms with Gasteiger partial charge in [-0.3, -0.25) is 4.98 Å². The summed E-state index contributed by atoms with van der Waals surface area (Å²) in [5, 5.41) is 24.7. The number of aromatic hydroxyl groups is 2. The first-order chi connectivity index (χ1) is 15.5. The smallest absolute Gasteiger partial charge is 0.174 e. The number of hydrogen-bond acceptors (Lipinski definition) is 4. The summed E-state index contributed by atoms with van der Waals surface area (Å²) in [5.74, 6) is 0.274. The highest BCUT2D eigenvalue weighted by Gasteiger charge is 2.43. The molecule has 3 heterocycles. The van der Waals surface area contributed by atoms with E-state index in [0.717, 1.165) is 17.1 Å². The Morgan fingerprint density at radius 3 is 2.53 bits per heavy atom. The fourth-order valence-corrected chi connectivity index (χ4v) is 4.59. The van der Waals surface area contributed by atoms with Crippen LogP contribution in [0.4, 0.5) is 5.69 Å². The van der Waals surface area contributed by atoms with Crippen molar-refractivity contribution in [3.63, 3.8) is 0 Å². The number of nitrogens with zero attached hydrogens (tertiary/aromatic N) is 3. The number of phenols is 2. The molecule has 1 fully saturated rings. The number of halogens is 1. The zero-order chi connectivity index (χ0) is 22.2. The van der Waals surface area contributed by atoms with Gasteiger partial charge in [0.25, 0.3) is 0 Å². The molecule has 0 bridgehead atoms. The van der Waals surface area contributed by atoms with Gasteiger partial charge in [0.1, 0.15) is 17.5 Å². The van der Waals surface area contributed by atoms with E-state index in [-0.39, 0.29) is 23.6 Å². The van der Waals surface area contributed by atoms with Crippen LogP contribution in [-0.4, -0.2) is 24.9 Å².